The van der Waals surface area contributed by atoms with Crippen molar-refractivity contribution in [1.29, 1.82) is 0 Å². The van der Waals surface area contributed by atoms with Crippen molar-refractivity contribution in [3.63, 3.8) is 0 Å². The van der Waals surface area contributed by atoms with Crippen LogP contribution in [0.3, 0.4) is 0 Å². The quantitative estimate of drug-likeness (QED) is 0.613. The lowest BCUT2D eigenvalue weighted by Gasteiger charge is -2.43. The van der Waals surface area contributed by atoms with Gasteiger partial charge < -0.3 is 14.4 Å². The third-order valence-electron chi connectivity index (χ3n) is 5.80. The molecule has 0 spiro atoms. The summed E-state index contributed by atoms with van der Waals surface area (Å²) >= 11 is 6.41. The monoisotopic (exact) mass is 457 g/mol. The number of nitrogens with zero attached hydrogens (tertiary/aromatic N) is 1. The van der Waals surface area contributed by atoms with Crippen molar-refractivity contribution in [3.8, 4) is 0 Å². The average molecular weight is 458 g/mol. The summed E-state index contributed by atoms with van der Waals surface area (Å²) in [6.45, 7) is -0.593. The zero-order valence-electron chi connectivity index (χ0n) is 17.9. The molecule has 2 aromatic rings. The van der Waals surface area contributed by atoms with E-state index in [4.69, 9.17) is 16.3 Å². The Morgan fingerprint density at radius 1 is 1.00 bits per heavy atom. The van der Waals surface area contributed by atoms with Gasteiger partial charge in [0.05, 0.1) is 18.2 Å². The third-order valence-corrected chi connectivity index (χ3v) is 6.13. The van der Waals surface area contributed by atoms with Gasteiger partial charge in [0.1, 0.15) is 5.54 Å². The highest BCUT2D eigenvalue weighted by atomic mass is 35.5. The molecule has 7 nitrogen and oxygen atoms in total. The summed E-state index contributed by atoms with van der Waals surface area (Å²) in [6.07, 6.45) is 2.25. The Morgan fingerprint density at radius 2 is 1.62 bits per heavy atom. The van der Waals surface area contributed by atoms with Gasteiger partial charge >= 0.3 is 11.9 Å². The Kier molecular flexibility index (Phi) is 7.30. The topological polar surface area (TPSA) is 90.0 Å². The van der Waals surface area contributed by atoms with Crippen molar-refractivity contribution in [2.24, 2.45) is 0 Å². The first kappa shape index (κ1) is 23.5. The Labute approximate surface area is 191 Å². The van der Waals surface area contributed by atoms with Gasteiger partial charge in [0, 0.05) is 24.1 Å². The molecule has 0 saturated heterocycles. The molecule has 1 amide bonds. The molecular weight excluding hydrogens is 434 g/mol. The van der Waals surface area contributed by atoms with Crippen LogP contribution in [0, 0.1) is 0 Å². The Balaban J connectivity index is 1.83. The number of carbonyl (C=O) groups is 4. The molecule has 1 aliphatic carbocycles. The van der Waals surface area contributed by atoms with Gasteiger partial charge in [0.25, 0.3) is 5.91 Å². The molecule has 0 heterocycles. The van der Waals surface area contributed by atoms with Gasteiger partial charge in [-0.05, 0) is 37.5 Å². The molecule has 0 aromatic heterocycles. The molecule has 0 aliphatic heterocycles. The van der Waals surface area contributed by atoms with Crippen molar-refractivity contribution in [2.75, 3.05) is 20.8 Å². The second-order valence-corrected chi connectivity index (χ2v) is 7.94. The maximum Gasteiger partial charge on any atom is 0.339 e. The number of Topliss-reactive ketones (excluding diaryl/α,β-unsaturated/α-hetero) is 1. The summed E-state index contributed by atoms with van der Waals surface area (Å²) in [5, 5.41) is 0.395. The summed E-state index contributed by atoms with van der Waals surface area (Å²) in [5.41, 5.74) is -0.631. The number of ketones is 1. The minimum absolute atomic E-state index is 0.00985. The summed E-state index contributed by atoms with van der Waals surface area (Å²) in [5.74, 6) is -2.18. The fourth-order valence-electron chi connectivity index (χ4n) is 4.09. The van der Waals surface area contributed by atoms with E-state index in [1.807, 2.05) is 0 Å². The SMILES string of the molecule is COC(=O)c1ccccc1C(=O)OCC(=O)N(C)C1(c2ccccc2Cl)CCCCC1=O. The molecule has 0 radical (unpaired) electrons. The number of esters is 2. The fourth-order valence-corrected chi connectivity index (χ4v) is 4.39. The second-order valence-electron chi connectivity index (χ2n) is 7.54. The lowest BCUT2D eigenvalue weighted by Crippen LogP contribution is -2.55. The van der Waals surface area contributed by atoms with Crippen LogP contribution in [0.25, 0.3) is 0 Å². The van der Waals surface area contributed by atoms with Crippen LogP contribution in [0.15, 0.2) is 48.5 Å². The number of rotatable bonds is 6. The molecule has 1 unspecified atom stereocenters. The number of carbonyl (C=O) groups excluding carboxylic acids is 4. The van der Waals surface area contributed by atoms with Gasteiger partial charge in [0.2, 0.25) is 0 Å². The third kappa shape index (κ3) is 4.39. The second kappa shape index (κ2) is 9.96. The van der Waals surface area contributed by atoms with Crippen molar-refractivity contribution in [3.05, 3.63) is 70.2 Å². The molecule has 1 saturated carbocycles. The van der Waals surface area contributed by atoms with Crippen LogP contribution in [0.1, 0.15) is 52.0 Å². The summed E-state index contributed by atoms with van der Waals surface area (Å²) in [4.78, 5) is 52.0. The highest BCUT2D eigenvalue weighted by Crippen LogP contribution is 2.42. The van der Waals surface area contributed by atoms with Crippen LogP contribution in [-0.2, 0) is 24.6 Å². The number of hydrogen-bond donors (Lipinski definition) is 0. The molecule has 2 aromatic carbocycles. The lowest BCUT2D eigenvalue weighted by molar-refractivity contribution is -0.150. The maximum absolute atomic E-state index is 13.1. The van der Waals surface area contributed by atoms with Crippen molar-refractivity contribution in [1.82, 2.24) is 4.90 Å². The largest absolute Gasteiger partial charge is 0.465 e. The molecule has 0 N–H and O–H groups in total. The van der Waals surface area contributed by atoms with E-state index in [9.17, 15) is 19.2 Å². The first-order valence-corrected chi connectivity index (χ1v) is 10.6. The normalized spacial score (nSPS) is 18.0. The molecular formula is C24H24ClNO6. The Hall–Kier alpha value is -3.19. The number of methoxy groups -OCH3 is 1. The molecule has 168 valence electrons. The van der Waals surface area contributed by atoms with Gasteiger partial charge in [-0.1, -0.05) is 41.9 Å². The molecule has 8 heteroatoms. The Morgan fingerprint density at radius 3 is 2.25 bits per heavy atom. The predicted molar refractivity (Wildman–Crippen MR) is 117 cm³/mol. The van der Waals surface area contributed by atoms with E-state index in [1.54, 1.807) is 36.4 Å². The van der Waals surface area contributed by atoms with E-state index < -0.39 is 30.0 Å². The van der Waals surface area contributed by atoms with Gasteiger partial charge in [0.15, 0.2) is 12.4 Å². The standard InChI is InChI=1S/C24H24ClNO6/c1-26(24(14-8-7-13-20(24)27)18-11-5-6-12-19(18)25)21(28)15-32-23(30)17-10-4-3-9-16(17)22(29)31-2/h3-6,9-12H,7-8,13-15H2,1-2H3. The zero-order valence-corrected chi connectivity index (χ0v) is 18.7. The highest BCUT2D eigenvalue weighted by molar-refractivity contribution is 6.31. The molecule has 0 bridgehead atoms. The number of likely N-dealkylation sites (N-methyl/N-ethyl adjacent to an activating group) is 1. The predicted octanol–water partition coefficient (Wildman–Crippen LogP) is 3.78. The van der Waals surface area contributed by atoms with E-state index >= 15 is 0 Å². The first-order chi connectivity index (χ1) is 15.3. The maximum atomic E-state index is 13.1. The van der Waals surface area contributed by atoms with E-state index in [2.05, 4.69) is 4.74 Å². The highest BCUT2D eigenvalue weighted by Gasteiger charge is 2.48. The van der Waals surface area contributed by atoms with Crippen molar-refractivity contribution >= 4 is 35.2 Å². The number of hydrogen-bond acceptors (Lipinski definition) is 6. The summed E-state index contributed by atoms with van der Waals surface area (Å²) in [6, 6.07) is 13.0. The van der Waals surface area contributed by atoms with Gasteiger partial charge in [-0.3, -0.25) is 9.59 Å². The fraction of sp³-hybridized carbons (Fsp3) is 0.333. The minimum Gasteiger partial charge on any atom is -0.465 e. The Bertz CT molecular complexity index is 1050. The minimum atomic E-state index is -1.22. The average Bonchev–Trinajstić information content (AvgIpc) is 2.82. The molecule has 3 rings (SSSR count). The van der Waals surface area contributed by atoms with Crippen LogP contribution < -0.4 is 0 Å². The lowest BCUT2D eigenvalue weighted by atomic mass is 9.74. The number of ether oxygens (including phenoxy) is 2. The molecule has 1 aliphatic rings. The molecule has 32 heavy (non-hydrogen) atoms. The van der Waals surface area contributed by atoms with Crippen LogP contribution in [0.4, 0.5) is 0 Å². The van der Waals surface area contributed by atoms with Gasteiger partial charge in [-0.2, -0.15) is 0 Å². The summed E-state index contributed by atoms with van der Waals surface area (Å²) < 4.78 is 9.88. The van der Waals surface area contributed by atoms with E-state index in [-0.39, 0.29) is 16.9 Å². The number of benzene rings is 2. The van der Waals surface area contributed by atoms with Crippen LogP contribution in [0.2, 0.25) is 5.02 Å². The van der Waals surface area contributed by atoms with E-state index in [1.165, 1.54) is 31.2 Å². The zero-order chi connectivity index (χ0) is 23.3. The summed E-state index contributed by atoms with van der Waals surface area (Å²) in [7, 11) is 2.73. The number of halogens is 1. The van der Waals surface area contributed by atoms with Crippen LogP contribution in [0.5, 0.6) is 0 Å². The van der Waals surface area contributed by atoms with Crippen molar-refractivity contribution < 1.29 is 28.7 Å². The van der Waals surface area contributed by atoms with E-state index in [0.29, 0.717) is 23.4 Å². The van der Waals surface area contributed by atoms with Gasteiger partial charge in [-0.15, -0.1) is 0 Å². The van der Waals surface area contributed by atoms with Crippen molar-refractivity contribution in [2.45, 2.75) is 31.2 Å². The molecule has 1 fully saturated rings. The van der Waals surface area contributed by atoms with Crippen LogP contribution >= 0.6 is 11.6 Å². The van der Waals surface area contributed by atoms with E-state index in [0.717, 1.165) is 12.8 Å². The smallest absolute Gasteiger partial charge is 0.339 e. The van der Waals surface area contributed by atoms with Gasteiger partial charge in [-0.25, -0.2) is 9.59 Å². The van der Waals surface area contributed by atoms with Crippen LogP contribution in [-0.4, -0.2) is 49.3 Å². The number of amides is 1. The first-order valence-electron chi connectivity index (χ1n) is 10.2. The molecule has 1 atom stereocenters.